The molecule has 1 saturated heterocycles. The molecule has 0 unspecified atom stereocenters. The molecule has 3 aliphatic rings. The van der Waals surface area contributed by atoms with Crippen molar-refractivity contribution in [2.24, 2.45) is 5.73 Å². The van der Waals surface area contributed by atoms with Crippen LogP contribution in [0.1, 0.15) is 61.9 Å². The molecule has 0 bridgehead atoms. The zero-order chi connectivity index (χ0) is 29.1. The van der Waals surface area contributed by atoms with E-state index in [-0.39, 0.29) is 34.4 Å². The number of carbonyl (C=O) groups excluding carboxylic acids is 3. The van der Waals surface area contributed by atoms with Crippen molar-refractivity contribution in [3.63, 3.8) is 0 Å². The number of hydrogen-bond acceptors (Lipinski definition) is 13. The summed E-state index contributed by atoms with van der Waals surface area (Å²) in [6, 6.07) is 3.43. The summed E-state index contributed by atoms with van der Waals surface area (Å²) in [5.41, 5.74) is 2.07. The number of methoxy groups -OCH3 is 1. The van der Waals surface area contributed by atoms with Crippen molar-refractivity contribution >= 4 is 17.3 Å². The third-order valence-corrected chi connectivity index (χ3v) is 7.85. The minimum Gasteiger partial charge on any atom is -0.507 e. The van der Waals surface area contributed by atoms with E-state index in [0.717, 1.165) is 0 Å². The third kappa shape index (κ3) is 4.18. The number of Topliss-reactive ketones (excluding diaryl/α,β-unsaturated/α-hetero) is 1. The van der Waals surface area contributed by atoms with Crippen LogP contribution in [0, 0.1) is 0 Å². The summed E-state index contributed by atoms with van der Waals surface area (Å²) in [6.07, 6.45) is -6.19. The number of hydrogen-bond donors (Lipinski definition) is 7. The standard InChI is InChI=1S/C27H29NO12/c1-38-13-4-2-3-10-18(13)25(35)21-20(22(10)32)23(33)11-6-27(37,16(31)9-30)7-14(19(11)26(21)36)39-17-5-12(28)24(34)15(8-29)40-17/h2-4,12,14-15,17,24,29-30,33-34,36-37H,5-9,28H2,1H3/t12-,14+,15+,17-,24-,27+/m1/s1. The molecule has 0 amide bonds. The largest absolute Gasteiger partial charge is 0.507 e. The van der Waals surface area contributed by atoms with Crippen LogP contribution in [0.15, 0.2) is 18.2 Å². The van der Waals surface area contributed by atoms with E-state index in [1.165, 1.54) is 25.3 Å². The summed E-state index contributed by atoms with van der Waals surface area (Å²) in [4.78, 5) is 39.8. The lowest BCUT2D eigenvalue weighted by molar-refractivity contribution is -0.256. The fourth-order valence-electron chi connectivity index (χ4n) is 5.78. The van der Waals surface area contributed by atoms with E-state index in [2.05, 4.69) is 0 Å². The highest BCUT2D eigenvalue weighted by atomic mass is 16.7. The topological polar surface area (TPSA) is 226 Å². The second kappa shape index (κ2) is 10.2. The Hall–Kier alpha value is -3.43. The number of aromatic hydroxyl groups is 2. The molecule has 2 aliphatic carbocycles. The average molecular weight is 560 g/mol. The van der Waals surface area contributed by atoms with E-state index in [4.69, 9.17) is 19.9 Å². The van der Waals surface area contributed by atoms with E-state index in [9.17, 15) is 45.0 Å². The Bertz CT molecular complexity index is 1410. The van der Waals surface area contributed by atoms with Crippen LogP contribution in [0.3, 0.4) is 0 Å². The van der Waals surface area contributed by atoms with Gasteiger partial charge in [0.05, 0.1) is 42.6 Å². The summed E-state index contributed by atoms with van der Waals surface area (Å²) in [6.45, 7) is -1.65. The van der Waals surface area contributed by atoms with Gasteiger partial charge in [-0.2, -0.15) is 0 Å². The third-order valence-electron chi connectivity index (χ3n) is 7.85. The molecule has 214 valence electrons. The molecular weight excluding hydrogens is 530 g/mol. The number of phenols is 2. The second-order valence-electron chi connectivity index (χ2n) is 10.2. The fraction of sp³-hybridized carbons (Fsp3) is 0.444. The lowest BCUT2D eigenvalue weighted by Gasteiger charge is -2.42. The van der Waals surface area contributed by atoms with Crippen molar-refractivity contribution in [3.8, 4) is 17.2 Å². The minimum absolute atomic E-state index is 0.0741. The highest BCUT2D eigenvalue weighted by Gasteiger charge is 2.50. The minimum atomic E-state index is -2.29. The number of ether oxygens (including phenoxy) is 3. The molecule has 0 radical (unpaired) electrons. The average Bonchev–Trinajstić information content (AvgIpc) is 2.94. The van der Waals surface area contributed by atoms with Gasteiger partial charge in [-0.3, -0.25) is 14.4 Å². The summed E-state index contributed by atoms with van der Waals surface area (Å²) in [5.74, 6) is -3.97. The maximum absolute atomic E-state index is 13.7. The van der Waals surface area contributed by atoms with Crippen molar-refractivity contribution in [1.82, 2.24) is 0 Å². The Kier molecular flexibility index (Phi) is 7.17. The highest BCUT2D eigenvalue weighted by Crippen LogP contribution is 2.52. The van der Waals surface area contributed by atoms with Crippen LogP contribution in [0.2, 0.25) is 0 Å². The summed E-state index contributed by atoms with van der Waals surface area (Å²) in [7, 11) is 1.31. The monoisotopic (exact) mass is 559 g/mol. The van der Waals surface area contributed by atoms with Crippen LogP contribution in [0.5, 0.6) is 17.2 Å². The molecule has 1 fully saturated rings. The Labute approximate surface area is 227 Å². The van der Waals surface area contributed by atoms with Gasteiger partial charge in [0, 0.05) is 42.0 Å². The molecule has 0 saturated carbocycles. The molecule has 40 heavy (non-hydrogen) atoms. The second-order valence-corrected chi connectivity index (χ2v) is 10.2. The number of aliphatic hydroxyl groups excluding tert-OH is 3. The maximum Gasteiger partial charge on any atom is 0.202 e. The van der Waals surface area contributed by atoms with Gasteiger partial charge in [-0.1, -0.05) is 12.1 Å². The van der Waals surface area contributed by atoms with E-state index >= 15 is 0 Å². The molecule has 6 atom stereocenters. The van der Waals surface area contributed by atoms with Gasteiger partial charge in [0.2, 0.25) is 5.78 Å². The Morgan fingerprint density at radius 1 is 1.12 bits per heavy atom. The molecule has 13 nitrogen and oxygen atoms in total. The molecule has 13 heteroatoms. The number of aliphatic hydroxyl groups is 4. The number of phenolic OH excluding ortho intramolecular Hbond substituents is 2. The fourth-order valence-corrected chi connectivity index (χ4v) is 5.78. The zero-order valence-corrected chi connectivity index (χ0v) is 21.4. The lowest BCUT2D eigenvalue weighted by atomic mass is 9.72. The molecule has 5 rings (SSSR count). The van der Waals surface area contributed by atoms with E-state index in [1.807, 2.05) is 0 Å². The number of rotatable bonds is 6. The van der Waals surface area contributed by atoms with Gasteiger partial charge in [-0.15, -0.1) is 0 Å². The van der Waals surface area contributed by atoms with Crippen molar-refractivity contribution in [3.05, 3.63) is 51.6 Å². The van der Waals surface area contributed by atoms with Gasteiger partial charge in [0.25, 0.3) is 0 Å². The van der Waals surface area contributed by atoms with Gasteiger partial charge < -0.3 is 50.6 Å². The van der Waals surface area contributed by atoms with Crippen LogP contribution >= 0.6 is 0 Å². The van der Waals surface area contributed by atoms with Crippen molar-refractivity contribution < 1.29 is 59.2 Å². The Morgan fingerprint density at radius 3 is 2.48 bits per heavy atom. The van der Waals surface area contributed by atoms with Crippen LogP contribution in [-0.2, 0) is 20.7 Å². The lowest BCUT2D eigenvalue weighted by Crippen LogP contribution is -2.55. The quantitative estimate of drug-likeness (QED) is 0.180. The molecule has 8 N–H and O–H groups in total. The van der Waals surface area contributed by atoms with Gasteiger partial charge >= 0.3 is 0 Å². The first kappa shape index (κ1) is 28.1. The van der Waals surface area contributed by atoms with Crippen LogP contribution in [0.25, 0.3) is 0 Å². The number of nitrogens with two attached hydrogens (primary N) is 1. The highest BCUT2D eigenvalue weighted by molar-refractivity contribution is 6.31. The first-order valence-corrected chi connectivity index (χ1v) is 12.6. The van der Waals surface area contributed by atoms with E-state index in [0.29, 0.717) is 0 Å². The van der Waals surface area contributed by atoms with Crippen molar-refractivity contribution in [2.75, 3.05) is 20.3 Å². The summed E-state index contributed by atoms with van der Waals surface area (Å²) in [5, 5.41) is 63.3. The first-order chi connectivity index (χ1) is 19.0. The summed E-state index contributed by atoms with van der Waals surface area (Å²) >= 11 is 0. The zero-order valence-electron chi connectivity index (χ0n) is 21.4. The maximum atomic E-state index is 13.7. The molecule has 2 aromatic carbocycles. The normalized spacial score (nSPS) is 29.4. The van der Waals surface area contributed by atoms with Gasteiger partial charge in [-0.05, 0) is 6.07 Å². The van der Waals surface area contributed by atoms with Crippen molar-refractivity contribution in [1.29, 1.82) is 0 Å². The van der Waals surface area contributed by atoms with Gasteiger partial charge in [0.1, 0.15) is 35.6 Å². The SMILES string of the molecule is COc1cccc2c1C(=O)c1c(O)c3c(c(O)c1C2=O)C[C@@](O)(C(=O)CO)C[C@@H]3O[C@H]1C[C@@H](N)[C@@H](O)[C@H](CO)O1. The van der Waals surface area contributed by atoms with Gasteiger partial charge in [0.15, 0.2) is 17.9 Å². The number of ketones is 3. The van der Waals surface area contributed by atoms with E-state index in [1.54, 1.807) is 0 Å². The molecule has 0 spiro atoms. The molecule has 1 aliphatic heterocycles. The Balaban J connectivity index is 1.68. The van der Waals surface area contributed by atoms with Crippen LogP contribution in [-0.4, -0.2) is 98.5 Å². The van der Waals surface area contributed by atoms with Crippen molar-refractivity contribution in [2.45, 2.75) is 55.5 Å². The Morgan fingerprint density at radius 2 is 1.82 bits per heavy atom. The first-order valence-electron chi connectivity index (χ1n) is 12.6. The molecule has 2 aromatic rings. The number of fused-ring (bicyclic) bond motifs is 3. The summed E-state index contributed by atoms with van der Waals surface area (Å²) < 4.78 is 16.8. The van der Waals surface area contributed by atoms with Crippen LogP contribution < -0.4 is 10.5 Å². The predicted molar refractivity (Wildman–Crippen MR) is 133 cm³/mol. The molecule has 1 heterocycles. The number of benzene rings is 2. The van der Waals surface area contributed by atoms with E-state index < -0.39 is 102 Å². The molecular formula is C27H29NO12. The van der Waals surface area contributed by atoms with Gasteiger partial charge in [-0.25, -0.2) is 0 Å². The smallest absolute Gasteiger partial charge is 0.202 e. The van der Waals surface area contributed by atoms with Crippen LogP contribution in [0.4, 0.5) is 0 Å². The number of carbonyl (C=O) groups is 3. The predicted octanol–water partition coefficient (Wildman–Crippen LogP) is -1.03. The molecule has 0 aromatic heterocycles.